The molecule has 0 radical (unpaired) electrons. The Bertz CT molecular complexity index is 933. The van der Waals surface area contributed by atoms with Crippen LogP contribution in [0.5, 0.6) is 0 Å². The molecule has 0 bridgehead atoms. The summed E-state index contributed by atoms with van der Waals surface area (Å²) < 4.78 is 0. The van der Waals surface area contributed by atoms with Crippen LogP contribution in [-0.4, -0.2) is 47.4 Å². The Morgan fingerprint density at radius 2 is 1.96 bits per heavy atom. The smallest absolute Gasteiger partial charge is 0.140 e. The number of nitrogens with one attached hydrogen (secondary N) is 1. The first kappa shape index (κ1) is 17.5. The lowest BCUT2D eigenvalue weighted by Gasteiger charge is -2.34. The van der Waals surface area contributed by atoms with Gasteiger partial charge in [-0.15, -0.1) is 0 Å². The topological polar surface area (TPSA) is 61.3 Å². The number of aliphatic hydroxyl groups excluding tert-OH is 1. The van der Waals surface area contributed by atoms with Crippen molar-refractivity contribution in [1.29, 1.82) is 0 Å². The second kappa shape index (κ2) is 7.37. The molecule has 26 heavy (non-hydrogen) atoms. The number of anilines is 1. The molecular formula is C19H18Cl2N4O. The summed E-state index contributed by atoms with van der Waals surface area (Å²) in [6, 6.07) is 11.5. The van der Waals surface area contributed by atoms with Crippen molar-refractivity contribution in [1.82, 2.24) is 15.3 Å². The summed E-state index contributed by atoms with van der Waals surface area (Å²) in [7, 11) is 0. The van der Waals surface area contributed by atoms with Crippen LogP contribution in [0.3, 0.4) is 0 Å². The van der Waals surface area contributed by atoms with Crippen molar-refractivity contribution in [2.75, 3.05) is 31.1 Å². The van der Waals surface area contributed by atoms with Crippen LogP contribution in [0, 0.1) is 0 Å². The average Bonchev–Trinajstić information content (AvgIpc) is 2.68. The molecule has 0 amide bonds. The third-order valence-corrected chi connectivity index (χ3v) is 5.20. The monoisotopic (exact) mass is 388 g/mol. The number of fused-ring (bicyclic) bond motifs is 1. The maximum atomic E-state index is 9.47. The van der Waals surface area contributed by atoms with Crippen molar-refractivity contribution in [3.05, 3.63) is 52.8 Å². The van der Waals surface area contributed by atoms with Crippen LogP contribution in [0.25, 0.3) is 22.0 Å². The van der Waals surface area contributed by atoms with E-state index in [0.717, 1.165) is 40.9 Å². The fraction of sp³-hybridized carbons (Fsp3) is 0.263. The highest BCUT2D eigenvalue weighted by molar-refractivity contribution is 6.34. The molecule has 3 aromatic rings. The van der Waals surface area contributed by atoms with Crippen molar-refractivity contribution >= 4 is 39.9 Å². The van der Waals surface area contributed by atoms with Gasteiger partial charge in [0.25, 0.3) is 0 Å². The van der Waals surface area contributed by atoms with Gasteiger partial charge in [-0.3, -0.25) is 0 Å². The number of nitrogens with zero attached hydrogens (tertiary/aromatic N) is 3. The fourth-order valence-corrected chi connectivity index (χ4v) is 3.70. The minimum atomic E-state index is 0.0387. The zero-order chi connectivity index (χ0) is 18.1. The number of piperazine rings is 1. The summed E-state index contributed by atoms with van der Waals surface area (Å²) in [5.74, 6) is 0.863. The Morgan fingerprint density at radius 3 is 2.73 bits per heavy atom. The van der Waals surface area contributed by atoms with Crippen LogP contribution in [0.15, 0.2) is 42.7 Å². The maximum Gasteiger partial charge on any atom is 0.140 e. The normalized spacial score (nSPS) is 17.7. The second-order valence-electron chi connectivity index (χ2n) is 6.33. The van der Waals surface area contributed by atoms with Crippen molar-refractivity contribution < 1.29 is 5.11 Å². The molecule has 1 fully saturated rings. The van der Waals surface area contributed by atoms with Gasteiger partial charge in [0.15, 0.2) is 0 Å². The zero-order valence-electron chi connectivity index (χ0n) is 14.0. The summed E-state index contributed by atoms with van der Waals surface area (Å²) in [5, 5.41) is 15.0. The minimum Gasteiger partial charge on any atom is -0.395 e. The van der Waals surface area contributed by atoms with E-state index in [1.54, 1.807) is 6.33 Å². The van der Waals surface area contributed by atoms with Crippen LogP contribution < -0.4 is 10.2 Å². The molecule has 1 aliphatic heterocycles. The number of hydrogen-bond acceptors (Lipinski definition) is 5. The van der Waals surface area contributed by atoms with Crippen molar-refractivity contribution in [2.45, 2.75) is 6.04 Å². The van der Waals surface area contributed by atoms with E-state index >= 15 is 0 Å². The molecule has 4 rings (SSSR count). The Labute approximate surface area is 161 Å². The number of rotatable bonds is 3. The molecule has 5 nitrogen and oxygen atoms in total. The Kier molecular flexibility index (Phi) is 4.96. The van der Waals surface area contributed by atoms with Gasteiger partial charge in [-0.2, -0.15) is 0 Å². The van der Waals surface area contributed by atoms with Crippen molar-refractivity contribution in [3.8, 4) is 11.1 Å². The van der Waals surface area contributed by atoms with Gasteiger partial charge in [-0.1, -0.05) is 35.3 Å². The maximum absolute atomic E-state index is 9.47. The van der Waals surface area contributed by atoms with Gasteiger partial charge in [0.05, 0.1) is 17.1 Å². The highest BCUT2D eigenvalue weighted by Gasteiger charge is 2.22. The van der Waals surface area contributed by atoms with Crippen LogP contribution in [-0.2, 0) is 0 Å². The highest BCUT2D eigenvalue weighted by Crippen LogP contribution is 2.35. The average molecular weight is 389 g/mol. The molecule has 0 spiro atoms. The molecule has 0 aliphatic carbocycles. The molecular weight excluding hydrogens is 371 g/mol. The molecule has 7 heteroatoms. The second-order valence-corrected chi connectivity index (χ2v) is 7.18. The lowest BCUT2D eigenvalue weighted by molar-refractivity contribution is 0.235. The molecule has 1 unspecified atom stereocenters. The van der Waals surface area contributed by atoms with E-state index in [0.29, 0.717) is 16.6 Å². The number of aliphatic hydroxyl groups is 1. The van der Waals surface area contributed by atoms with Crippen LogP contribution in [0.1, 0.15) is 0 Å². The SMILES string of the molecule is OCC1CN(c2ncnc3cc(Cl)c(-c4ccc(Cl)cc4)cc23)CCN1. The van der Waals surface area contributed by atoms with E-state index in [4.69, 9.17) is 23.2 Å². The number of halogens is 2. The molecule has 1 atom stereocenters. The third-order valence-electron chi connectivity index (χ3n) is 4.63. The van der Waals surface area contributed by atoms with Crippen molar-refractivity contribution in [2.24, 2.45) is 0 Å². The van der Waals surface area contributed by atoms with Crippen LogP contribution in [0.4, 0.5) is 5.82 Å². The Hall–Kier alpha value is -1.92. The predicted molar refractivity (Wildman–Crippen MR) is 106 cm³/mol. The molecule has 1 aliphatic rings. The van der Waals surface area contributed by atoms with E-state index in [1.807, 2.05) is 36.4 Å². The Morgan fingerprint density at radius 1 is 1.15 bits per heavy atom. The molecule has 0 saturated carbocycles. The summed E-state index contributed by atoms with van der Waals surface area (Å²) in [4.78, 5) is 11.1. The summed E-state index contributed by atoms with van der Waals surface area (Å²) in [6.45, 7) is 2.42. The quantitative estimate of drug-likeness (QED) is 0.719. The highest BCUT2D eigenvalue weighted by atomic mass is 35.5. The summed E-state index contributed by atoms with van der Waals surface area (Å²) in [6.07, 6.45) is 1.56. The lowest BCUT2D eigenvalue weighted by Crippen LogP contribution is -2.52. The first-order valence-corrected chi connectivity index (χ1v) is 9.20. The van der Waals surface area contributed by atoms with E-state index in [1.165, 1.54) is 0 Å². The molecule has 1 saturated heterocycles. The Balaban J connectivity index is 1.82. The third kappa shape index (κ3) is 3.35. The van der Waals surface area contributed by atoms with E-state index in [-0.39, 0.29) is 12.6 Å². The van der Waals surface area contributed by atoms with Gasteiger partial charge in [-0.25, -0.2) is 9.97 Å². The molecule has 2 N–H and O–H groups in total. The number of benzene rings is 2. The zero-order valence-corrected chi connectivity index (χ0v) is 15.5. The van der Waals surface area contributed by atoms with Gasteiger partial charge >= 0.3 is 0 Å². The van der Waals surface area contributed by atoms with E-state index in [2.05, 4.69) is 20.2 Å². The lowest BCUT2D eigenvalue weighted by atomic mass is 10.0. The number of hydrogen-bond donors (Lipinski definition) is 2. The largest absolute Gasteiger partial charge is 0.395 e. The van der Waals surface area contributed by atoms with Gasteiger partial charge < -0.3 is 15.3 Å². The fourth-order valence-electron chi connectivity index (χ4n) is 3.31. The summed E-state index contributed by atoms with van der Waals surface area (Å²) in [5.41, 5.74) is 2.71. The summed E-state index contributed by atoms with van der Waals surface area (Å²) >= 11 is 12.5. The van der Waals surface area contributed by atoms with Crippen molar-refractivity contribution in [3.63, 3.8) is 0 Å². The van der Waals surface area contributed by atoms with Gasteiger partial charge in [0.1, 0.15) is 12.1 Å². The van der Waals surface area contributed by atoms with E-state index in [9.17, 15) is 5.11 Å². The first-order chi connectivity index (χ1) is 12.7. The van der Waals surface area contributed by atoms with Crippen LogP contribution in [0.2, 0.25) is 10.0 Å². The van der Waals surface area contributed by atoms with Crippen LogP contribution >= 0.6 is 23.2 Å². The first-order valence-electron chi connectivity index (χ1n) is 8.45. The minimum absolute atomic E-state index is 0.0387. The molecule has 2 aromatic carbocycles. The van der Waals surface area contributed by atoms with Gasteiger partial charge in [0, 0.05) is 41.6 Å². The van der Waals surface area contributed by atoms with E-state index < -0.39 is 0 Å². The molecule has 134 valence electrons. The molecule has 2 heterocycles. The standard InChI is InChI=1S/C19H18Cl2N4O/c20-13-3-1-12(2-4-13)15-7-16-18(8-17(15)21)23-11-24-19(16)25-6-5-22-14(9-25)10-26/h1-4,7-8,11,14,22,26H,5-6,9-10H2. The van der Waals surface area contributed by atoms with Gasteiger partial charge in [-0.05, 0) is 29.8 Å². The predicted octanol–water partition coefficient (Wildman–Crippen LogP) is 3.37. The molecule has 1 aromatic heterocycles. The number of aromatic nitrogens is 2. The van der Waals surface area contributed by atoms with Gasteiger partial charge in [0.2, 0.25) is 0 Å².